The van der Waals surface area contributed by atoms with Gasteiger partial charge in [-0.15, -0.1) is 0 Å². The molecule has 1 saturated heterocycles. The maximum Gasteiger partial charge on any atom is 0.303 e. The molecule has 2 aliphatic heterocycles. The fraction of sp³-hybridized carbons (Fsp3) is 0.280. The fourth-order valence-electron chi connectivity index (χ4n) is 4.00. The molecule has 2 amide bonds. The lowest BCUT2D eigenvalue weighted by Crippen LogP contribution is -2.30. The smallest absolute Gasteiger partial charge is 0.303 e. The Morgan fingerprint density at radius 1 is 0.970 bits per heavy atom. The molecule has 2 heterocycles. The number of hydrogen-bond acceptors (Lipinski definition) is 5. The summed E-state index contributed by atoms with van der Waals surface area (Å²) >= 11 is 6.62. The van der Waals surface area contributed by atoms with Gasteiger partial charge in [0.15, 0.2) is 0 Å². The summed E-state index contributed by atoms with van der Waals surface area (Å²) in [5.41, 5.74) is 4.11. The molecule has 8 heteroatoms. The van der Waals surface area contributed by atoms with Crippen LogP contribution in [0.1, 0.15) is 42.4 Å². The van der Waals surface area contributed by atoms with Crippen molar-refractivity contribution in [1.82, 2.24) is 4.90 Å². The lowest BCUT2D eigenvalue weighted by Gasteiger charge is -2.17. The third-order valence-electron chi connectivity index (χ3n) is 5.73. The average Bonchev–Trinajstić information content (AvgIpc) is 3.22. The zero-order chi connectivity index (χ0) is 23.5. The first kappa shape index (κ1) is 23.2. The van der Waals surface area contributed by atoms with Gasteiger partial charge in [-0.25, -0.2) is 0 Å². The van der Waals surface area contributed by atoms with E-state index in [0.29, 0.717) is 47.2 Å². The number of thiocarbonyl (C=S) groups is 1. The van der Waals surface area contributed by atoms with Crippen molar-refractivity contribution in [2.24, 2.45) is 0 Å². The number of fused-ring (bicyclic) bond motifs is 1. The summed E-state index contributed by atoms with van der Waals surface area (Å²) in [7, 11) is 0. The van der Waals surface area contributed by atoms with Crippen LogP contribution in [0.25, 0.3) is 5.57 Å². The zero-order valence-corrected chi connectivity index (χ0v) is 19.9. The number of carbonyl (C=O) groups excluding carboxylic acids is 2. The predicted octanol–water partition coefficient (Wildman–Crippen LogP) is 4.76. The second-order valence-corrected chi connectivity index (χ2v) is 9.77. The number of carboxylic acids is 1. The summed E-state index contributed by atoms with van der Waals surface area (Å²) in [6, 6.07) is 15.6. The highest BCUT2D eigenvalue weighted by atomic mass is 32.2. The summed E-state index contributed by atoms with van der Waals surface area (Å²) in [6.45, 7) is 2.86. The van der Waals surface area contributed by atoms with Crippen LogP contribution in [0, 0.1) is 6.92 Å². The molecular formula is C25H24N2O4S2. The van der Waals surface area contributed by atoms with Crippen LogP contribution in [0.15, 0.2) is 53.4 Å². The van der Waals surface area contributed by atoms with Crippen LogP contribution >= 0.6 is 24.0 Å². The summed E-state index contributed by atoms with van der Waals surface area (Å²) < 4.78 is 0.433. The van der Waals surface area contributed by atoms with E-state index in [9.17, 15) is 14.4 Å². The molecular weight excluding hydrogens is 456 g/mol. The van der Waals surface area contributed by atoms with Crippen LogP contribution < -0.4 is 4.90 Å². The molecule has 4 rings (SSSR count). The molecule has 1 N–H and O–H groups in total. The number of aliphatic carboxylic acids is 1. The number of rotatable bonds is 8. The minimum atomic E-state index is -0.820. The summed E-state index contributed by atoms with van der Waals surface area (Å²) in [4.78, 5) is 41.0. The normalized spacial score (nSPS) is 17.8. The Bertz CT molecular complexity index is 1160. The predicted molar refractivity (Wildman–Crippen MR) is 134 cm³/mol. The number of amides is 2. The molecule has 0 spiro atoms. The van der Waals surface area contributed by atoms with Crippen molar-refractivity contribution in [3.8, 4) is 0 Å². The van der Waals surface area contributed by atoms with Crippen molar-refractivity contribution >= 4 is 57.3 Å². The largest absolute Gasteiger partial charge is 0.481 e. The first-order chi connectivity index (χ1) is 15.9. The zero-order valence-electron chi connectivity index (χ0n) is 18.2. The highest BCUT2D eigenvalue weighted by Gasteiger charge is 2.41. The average molecular weight is 481 g/mol. The molecule has 0 radical (unpaired) electrons. The Morgan fingerprint density at radius 2 is 1.70 bits per heavy atom. The molecule has 0 atom stereocenters. The summed E-state index contributed by atoms with van der Waals surface area (Å²) in [5, 5.41) is 8.77. The Balaban J connectivity index is 1.57. The summed E-state index contributed by atoms with van der Waals surface area (Å²) in [5.74, 6) is -1.27. The quantitative estimate of drug-likeness (QED) is 0.334. The van der Waals surface area contributed by atoms with E-state index in [0.717, 1.165) is 22.4 Å². The van der Waals surface area contributed by atoms with Crippen LogP contribution in [0.2, 0.25) is 0 Å². The number of thioether (sulfide) groups is 1. The Morgan fingerprint density at radius 3 is 2.42 bits per heavy atom. The Kier molecular flexibility index (Phi) is 6.95. The van der Waals surface area contributed by atoms with Crippen molar-refractivity contribution < 1.29 is 19.5 Å². The molecule has 0 saturated carbocycles. The lowest BCUT2D eigenvalue weighted by molar-refractivity contribution is -0.137. The second kappa shape index (κ2) is 9.89. The number of benzene rings is 2. The topological polar surface area (TPSA) is 77.9 Å². The second-order valence-electron chi connectivity index (χ2n) is 8.13. The standard InChI is InChI=1S/C25H24N2O4S2/c1-16-10-12-17(13-11-16)15-27-19-8-5-4-7-18(19)21(23(27)30)22-24(31)26(25(32)33-22)14-6-2-3-9-20(28)29/h4-5,7-8,10-13H,2-3,6,9,14-15H2,1H3,(H,28,29)/b22-21-. The maximum atomic E-state index is 13.5. The third kappa shape index (κ3) is 4.86. The van der Waals surface area contributed by atoms with Crippen molar-refractivity contribution in [3.05, 3.63) is 70.1 Å². The molecule has 0 unspecified atom stereocenters. The molecule has 33 heavy (non-hydrogen) atoms. The van der Waals surface area contributed by atoms with Crippen molar-refractivity contribution in [2.45, 2.75) is 39.2 Å². The SMILES string of the molecule is Cc1ccc(CN2C(=O)/C(=C3\SC(=S)N(CCCCCC(=O)O)C3=O)c3ccccc32)cc1. The highest BCUT2D eigenvalue weighted by molar-refractivity contribution is 8.26. The summed E-state index contributed by atoms with van der Waals surface area (Å²) in [6.07, 6.45) is 2.03. The number of carbonyl (C=O) groups is 3. The number of aryl methyl sites for hydroxylation is 1. The van der Waals surface area contributed by atoms with Crippen molar-refractivity contribution in [2.75, 3.05) is 11.4 Å². The first-order valence-corrected chi connectivity index (χ1v) is 12.1. The van der Waals surface area contributed by atoms with Crippen molar-refractivity contribution in [1.29, 1.82) is 0 Å². The number of para-hydroxylation sites is 1. The molecule has 6 nitrogen and oxygen atoms in total. The fourth-order valence-corrected chi connectivity index (χ4v) is 5.38. The van der Waals surface area contributed by atoms with E-state index in [4.69, 9.17) is 17.3 Å². The number of hydrogen-bond donors (Lipinski definition) is 1. The van der Waals surface area contributed by atoms with Gasteiger partial charge in [-0.2, -0.15) is 0 Å². The molecule has 2 aromatic rings. The molecule has 2 aromatic carbocycles. The van der Waals surface area contributed by atoms with Gasteiger partial charge in [-0.1, -0.05) is 78.4 Å². The van der Waals surface area contributed by atoms with Gasteiger partial charge < -0.3 is 10.0 Å². The number of carboxylic acid groups (broad SMARTS) is 1. The minimum Gasteiger partial charge on any atom is -0.481 e. The molecule has 0 aliphatic carbocycles. The minimum absolute atomic E-state index is 0.116. The highest BCUT2D eigenvalue weighted by Crippen LogP contribution is 2.45. The van der Waals surface area contributed by atoms with Gasteiger partial charge in [0, 0.05) is 18.5 Å². The Hall–Kier alpha value is -2.97. The number of unbranched alkanes of at least 4 members (excludes halogenated alkanes) is 2. The van der Waals surface area contributed by atoms with Crippen LogP contribution in [0.3, 0.4) is 0 Å². The molecule has 2 aliphatic rings. The van der Waals surface area contributed by atoms with Gasteiger partial charge in [0.1, 0.15) is 4.32 Å². The Labute approximate surface area is 202 Å². The third-order valence-corrected chi connectivity index (χ3v) is 7.18. The number of nitrogens with zero attached hydrogens (tertiary/aromatic N) is 2. The van der Waals surface area contributed by atoms with Gasteiger partial charge in [-0.05, 0) is 31.4 Å². The molecule has 170 valence electrons. The van der Waals surface area contributed by atoms with Gasteiger partial charge in [-0.3, -0.25) is 19.3 Å². The maximum absolute atomic E-state index is 13.5. The van der Waals surface area contributed by atoms with Crippen LogP contribution in [-0.2, 0) is 20.9 Å². The van der Waals surface area contributed by atoms with E-state index in [1.807, 2.05) is 55.5 Å². The van der Waals surface area contributed by atoms with Crippen LogP contribution in [0.5, 0.6) is 0 Å². The van der Waals surface area contributed by atoms with Gasteiger partial charge >= 0.3 is 5.97 Å². The molecule has 1 fully saturated rings. The van der Waals surface area contributed by atoms with E-state index < -0.39 is 5.97 Å². The van der Waals surface area contributed by atoms with E-state index in [-0.39, 0.29) is 18.2 Å². The number of anilines is 1. The van der Waals surface area contributed by atoms with Crippen LogP contribution in [-0.4, -0.2) is 38.7 Å². The first-order valence-electron chi connectivity index (χ1n) is 10.8. The van der Waals surface area contributed by atoms with Gasteiger partial charge in [0.2, 0.25) is 0 Å². The molecule has 0 bridgehead atoms. The van der Waals surface area contributed by atoms with Gasteiger partial charge in [0.25, 0.3) is 11.8 Å². The van der Waals surface area contributed by atoms with Gasteiger partial charge in [0.05, 0.1) is 22.7 Å². The van der Waals surface area contributed by atoms with E-state index in [1.165, 1.54) is 16.7 Å². The van der Waals surface area contributed by atoms with E-state index in [2.05, 4.69) is 0 Å². The van der Waals surface area contributed by atoms with Crippen LogP contribution in [0.4, 0.5) is 5.69 Å². The molecule has 0 aromatic heterocycles. The monoisotopic (exact) mass is 480 g/mol. The van der Waals surface area contributed by atoms with E-state index >= 15 is 0 Å². The lowest BCUT2D eigenvalue weighted by atomic mass is 10.1. The van der Waals surface area contributed by atoms with E-state index in [1.54, 1.807) is 4.90 Å². The van der Waals surface area contributed by atoms with Crippen molar-refractivity contribution in [3.63, 3.8) is 0 Å².